The van der Waals surface area contributed by atoms with E-state index >= 15 is 0 Å². The highest BCUT2D eigenvalue weighted by atomic mass is 79.9. The van der Waals surface area contributed by atoms with Crippen LogP contribution in [0.1, 0.15) is 32.1 Å². The Bertz CT molecular complexity index is 414. The monoisotopic (exact) mass is 298 g/mol. The Hall–Kier alpha value is -0.570. The van der Waals surface area contributed by atoms with E-state index in [0.29, 0.717) is 16.0 Å². The first-order valence-corrected chi connectivity index (χ1v) is 7.19. The molecular formula is C14H16BrFO. The highest BCUT2D eigenvalue weighted by Gasteiger charge is 2.56. The lowest BCUT2D eigenvalue weighted by Gasteiger charge is -2.51. The van der Waals surface area contributed by atoms with Crippen LogP contribution in [0.4, 0.5) is 4.39 Å². The van der Waals surface area contributed by atoms with E-state index in [9.17, 15) is 4.39 Å². The van der Waals surface area contributed by atoms with Crippen LogP contribution in [0.2, 0.25) is 0 Å². The van der Waals surface area contributed by atoms with Crippen LogP contribution in [0, 0.1) is 11.2 Å². The van der Waals surface area contributed by atoms with E-state index in [2.05, 4.69) is 15.9 Å². The zero-order chi connectivity index (χ0) is 11.9. The molecule has 2 unspecified atom stereocenters. The maximum Gasteiger partial charge on any atom is 0.126 e. The van der Waals surface area contributed by atoms with E-state index in [0.717, 1.165) is 6.42 Å². The Morgan fingerprint density at radius 1 is 1.29 bits per heavy atom. The fourth-order valence-electron chi connectivity index (χ4n) is 3.24. The van der Waals surface area contributed by atoms with Gasteiger partial charge in [0.25, 0.3) is 0 Å². The molecule has 0 aliphatic heterocycles. The normalized spacial score (nSPS) is 30.2. The van der Waals surface area contributed by atoms with Gasteiger partial charge in [0.15, 0.2) is 0 Å². The van der Waals surface area contributed by atoms with E-state index in [1.165, 1.54) is 37.8 Å². The molecule has 1 nitrogen and oxygen atoms in total. The number of hydrogen-bond acceptors (Lipinski definition) is 1. The van der Waals surface area contributed by atoms with E-state index in [1.54, 1.807) is 6.07 Å². The molecule has 2 aliphatic carbocycles. The smallest absolute Gasteiger partial charge is 0.126 e. The maximum atomic E-state index is 13.1. The van der Waals surface area contributed by atoms with Crippen molar-refractivity contribution in [1.82, 2.24) is 0 Å². The third-order valence-electron chi connectivity index (χ3n) is 4.29. The lowest BCUT2D eigenvalue weighted by Crippen LogP contribution is -2.55. The molecule has 2 atom stereocenters. The van der Waals surface area contributed by atoms with Gasteiger partial charge in [-0.15, -0.1) is 0 Å². The van der Waals surface area contributed by atoms with Gasteiger partial charge < -0.3 is 4.74 Å². The predicted molar refractivity (Wildman–Crippen MR) is 69.0 cm³/mol. The molecule has 0 aromatic heterocycles. The lowest BCUT2D eigenvalue weighted by molar-refractivity contribution is -0.0305. The average molecular weight is 299 g/mol. The Morgan fingerprint density at radius 3 is 2.71 bits per heavy atom. The number of benzene rings is 1. The second-order valence-corrected chi connectivity index (χ2v) is 6.31. The van der Waals surface area contributed by atoms with Gasteiger partial charge in [0.05, 0.1) is 0 Å². The summed E-state index contributed by atoms with van der Waals surface area (Å²) in [6, 6.07) is 6.47. The predicted octanol–water partition coefficient (Wildman–Crippen LogP) is 4.30. The molecule has 0 amide bonds. The number of hydrogen-bond donors (Lipinski definition) is 0. The molecule has 92 valence electrons. The molecule has 3 rings (SSSR count). The minimum atomic E-state index is -0.224. The largest absolute Gasteiger partial charge is 0.490 e. The van der Waals surface area contributed by atoms with Crippen molar-refractivity contribution in [3.63, 3.8) is 0 Å². The van der Waals surface area contributed by atoms with Crippen LogP contribution in [0.25, 0.3) is 0 Å². The molecule has 0 radical (unpaired) electrons. The fourth-order valence-corrected chi connectivity index (χ4v) is 4.33. The molecule has 3 heteroatoms. The van der Waals surface area contributed by atoms with Gasteiger partial charge in [-0.3, -0.25) is 0 Å². The summed E-state index contributed by atoms with van der Waals surface area (Å²) >= 11 is 3.76. The summed E-state index contributed by atoms with van der Waals surface area (Å²) in [6.07, 6.45) is 6.37. The fraction of sp³-hybridized carbons (Fsp3) is 0.571. The highest BCUT2D eigenvalue weighted by molar-refractivity contribution is 9.09. The zero-order valence-electron chi connectivity index (χ0n) is 9.66. The molecule has 2 aliphatic rings. The number of ether oxygens (including phenoxy) is 1. The van der Waals surface area contributed by atoms with Crippen LogP contribution in [0.3, 0.4) is 0 Å². The Kier molecular flexibility index (Phi) is 2.89. The zero-order valence-corrected chi connectivity index (χ0v) is 11.2. The summed E-state index contributed by atoms with van der Waals surface area (Å²) in [5, 5.41) is 0. The van der Waals surface area contributed by atoms with Crippen LogP contribution in [-0.4, -0.2) is 10.9 Å². The molecule has 0 N–H and O–H groups in total. The highest BCUT2D eigenvalue weighted by Crippen LogP contribution is 2.57. The molecule has 17 heavy (non-hydrogen) atoms. The Balaban J connectivity index is 1.74. The molecule has 1 spiro atoms. The first kappa shape index (κ1) is 11.5. The summed E-state index contributed by atoms with van der Waals surface area (Å²) in [4.78, 5) is 0.580. The average Bonchev–Trinajstić information content (AvgIpc) is 2.80. The van der Waals surface area contributed by atoms with E-state index in [-0.39, 0.29) is 11.9 Å². The molecule has 1 aromatic carbocycles. The van der Waals surface area contributed by atoms with Crippen molar-refractivity contribution >= 4 is 15.9 Å². The molecule has 0 saturated heterocycles. The lowest BCUT2D eigenvalue weighted by atomic mass is 9.64. The van der Waals surface area contributed by atoms with Crippen molar-refractivity contribution in [2.75, 3.05) is 0 Å². The topological polar surface area (TPSA) is 9.23 Å². The van der Waals surface area contributed by atoms with Gasteiger partial charge in [0, 0.05) is 16.3 Å². The molecule has 0 heterocycles. The van der Waals surface area contributed by atoms with Gasteiger partial charge in [-0.25, -0.2) is 4.39 Å². The molecule has 2 fully saturated rings. The molecule has 0 bridgehead atoms. The van der Waals surface area contributed by atoms with Gasteiger partial charge in [0.2, 0.25) is 0 Å². The molecule has 2 saturated carbocycles. The number of halogens is 2. The minimum Gasteiger partial charge on any atom is -0.490 e. The van der Waals surface area contributed by atoms with Gasteiger partial charge in [0.1, 0.15) is 17.7 Å². The summed E-state index contributed by atoms with van der Waals surface area (Å²) in [6.45, 7) is 0. The van der Waals surface area contributed by atoms with Gasteiger partial charge >= 0.3 is 0 Å². The van der Waals surface area contributed by atoms with Crippen molar-refractivity contribution in [2.45, 2.75) is 43.0 Å². The standard InChI is InChI=1S/C14H16BrFO/c15-12-9-13(14(12)6-1-2-7-14)17-11-5-3-4-10(16)8-11/h3-5,8,12-13H,1-2,6-7,9H2. The second-order valence-electron chi connectivity index (χ2n) is 5.21. The summed E-state index contributed by atoms with van der Waals surface area (Å²) in [5.41, 5.74) is 0.312. The Labute approximate surface area is 109 Å². The summed E-state index contributed by atoms with van der Waals surface area (Å²) in [7, 11) is 0. The quantitative estimate of drug-likeness (QED) is 0.740. The second kappa shape index (κ2) is 4.27. The van der Waals surface area contributed by atoms with Crippen molar-refractivity contribution in [3.05, 3.63) is 30.1 Å². The van der Waals surface area contributed by atoms with E-state index in [4.69, 9.17) is 4.74 Å². The third kappa shape index (κ3) is 1.88. The maximum absolute atomic E-state index is 13.1. The van der Waals surface area contributed by atoms with Gasteiger partial charge in [-0.05, 0) is 31.4 Å². The summed E-state index contributed by atoms with van der Waals surface area (Å²) in [5.74, 6) is 0.443. The van der Waals surface area contributed by atoms with Gasteiger partial charge in [-0.2, -0.15) is 0 Å². The summed E-state index contributed by atoms with van der Waals surface area (Å²) < 4.78 is 19.1. The van der Waals surface area contributed by atoms with Crippen LogP contribution < -0.4 is 4.74 Å². The minimum absolute atomic E-state index is 0.224. The molecule has 1 aromatic rings. The van der Waals surface area contributed by atoms with E-state index < -0.39 is 0 Å². The van der Waals surface area contributed by atoms with Crippen molar-refractivity contribution in [3.8, 4) is 5.75 Å². The van der Waals surface area contributed by atoms with Gasteiger partial charge in [-0.1, -0.05) is 34.8 Å². The number of rotatable bonds is 2. The van der Waals surface area contributed by atoms with Crippen molar-refractivity contribution in [2.24, 2.45) is 5.41 Å². The Morgan fingerprint density at radius 2 is 2.06 bits per heavy atom. The van der Waals surface area contributed by atoms with Crippen molar-refractivity contribution in [1.29, 1.82) is 0 Å². The van der Waals surface area contributed by atoms with Crippen molar-refractivity contribution < 1.29 is 9.13 Å². The van der Waals surface area contributed by atoms with Crippen LogP contribution in [0.15, 0.2) is 24.3 Å². The SMILES string of the molecule is Fc1cccc(OC2CC(Br)C23CCCC3)c1. The first-order valence-electron chi connectivity index (χ1n) is 6.27. The first-order chi connectivity index (χ1) is 8.21. The van der Waals surface area contributed by atoms with E-state index in [1.807, 2.05) is 6.07 Å². The number of alkyl halides is 1. The van der Waals surface area contributed by atoms with Crippen LogP contribution >= 0.6 is 15.9 Å². The van der Waals surface area contributed by atoms with Crippen LogP contribution in [0.5, 0.6) is 5.75 Å². The third-order valence-corrected chi connectivity index (χ3v) is 5.58. The van der Waals surface area contributed by atoms with Crippen LogP contribution in [-0.2, 0) is 0 Å². The molecular weight excluding hydrogens is 283 g/mol.